The van der Waals surface area contributed by atoms with Crippen LogP contribution >= 0.6 is 0 Å². The first-order valence-corrected chi connectivity index (χ1v) is 10.8. The summed E-state index contributed by atoms with van der Waals surface area (Å²) in [6.07, 6.45) is 13.1. The quantitative estimate of drug-likeness (QED) is 0.147. The van der Waals surface area contributed by atoms with Gasteiger partial charge in [0.05, 0.1) is 34.9 Å². The summed E-state index contributed by atoms with van der Waals surface area (Å²) >= 11 is 0. The first-order valence-electron chi connectivity index (χ1n) is 9.49. The summed E-state index contributed by atoms with van der Waals surface area (Å²) in [4.78, 5) is 11.5. The Morgan fingerprint density at radius 1 is 0.885 bits per heavy atom. The number of likely N-dealkylation sites (N-methyl/N-ethyl adjacent to an activating group) is 1. The van der Waals surface area contributed by atoms with Crippen molar-refractivity contribution in [1.29, 1.82) is 0 Å². The highest BCUT2D eigenvalue weighted by atomic mass is 32.3. The minimum absolute atomic E-state index is 0.0755. The van der Waals surface area contributed by atoms with Gasteiger partial charge in [0.2, 0.25) is 10.4 Å². The van der Waals surface area contributed by atoms with Crippen molar-refractivity contribution >= 4 is 16.4 Å². The molecule has 0 aliphatic heterocycles. The van der Waals surface area contributed by atoms with Gasteiger partial charge in [-0.05, 0) is 6.42 Å². The Hall–Kier alpha value is -0.700. The molecule has 0 heterocycles. The third-order valence-corrected chi connectivity index (χ3v) is 3.98. The van der Waals surface area contributed by atoms with E-state index in [0.29, 0.717) is 17.6 Å². The van der Waals surface area contributed by atoms with Gasteiger partial charge in [0.1, 0.15) is 0 Å². The van der Waals surface area contributed by atoms with Gasteiger partial charge >= 0.3 is 5.97 Å². The first kappa shape index (κ1) is 27.5. The Balaban J connectivity index is 0. The molecule has 0 radical (unpaired) electrons. The maximum atomic E-state index is 11.5. The zero-order valence-corrected chi connectivity index (χ0v) is 18.1. The summed E-state index contributed by atoms with van der Waals surface area (Å²) in [7, 11) is 2.40. The van der Waals surface area contributed by atoms with Crippen molar-refractivity contribution in [2.45, 2.75) is 71.1 Å². The first-order chi connectivity index (χ1) is 12.0. The van der Waals surface area contributed by atoms with Gasteiger partial charge in [0, 0.05) is 0 Å². The van der Waals surface area contributed by atoms with Gasteiger partial charge in [-0.1, -0.05) is 64.7 Å². The monoisotopic (exact) mass is 397 g/mol. The average molecular weight is 398 g/mol. The summed E-state index contributed by atoms with van der Waals surface area (Å²) in [5, 5.41) is 0. The number of carbonyl (C=O) groups excluding carboxylic acids is 1. The van der Waals surface area contributed by atoms with Crippen LogP contribution in [0.3, 0.4) is 0 Å². The highest BCUT2D eigenvalue weighted by molar-refractivity contribution is 7.80. The number of nitrogens with zero attached hydrogens (tertiary/aromatic N) is 1. The zero-order chi connectivity index (χ0) is 20.5. The van der Waals surface area contributed by atoms with Gasteiger partial charge in [-0.15, -0.1) is 0 Å². The van der Waals surface area contributed by atoms with Gasteiger partial charge in [-0.3, -0.25) is 4.18 Å². The van der Waals surface area contributed by atoms with Crippen LogP contribution in [-0.2, 0) is 24.1 Å². The van der Waals surface area contributed by atoms with Crippen LogP contribution in [0.4, 0.5) is 0 Å². The van der Waals surface area contributed by atoms with Crippen LogP contribution < -0.4 is 0 Å². The van der Waals surface area contributed by atoms with Gasteiger partial charge < -0.3 is 13.8 Å². The fourth-order valence-corrected chi connectivity index (χ4v) is 2.21. The Bertz CT molecular complexity index is 431. The second-order valence-electron chi connectivity index (χ2n) is 7.43. The molecular formula is C18H39NO6S. The molecule has 0 aromatic carbocycles. The van der Waals surface area contributed by atoms with Crippen LogP contribution in [0.15, 0.2) is 0 Å². The number of esters is 1. The summed E-state index contributed by atoms with van der Waals surface area (Å²) in [5.74, 6) is -0.0755. The molecule has 0 unspecified atom stereocenters. The molecule has 0 amide bonds. The molecule has 0 rings (SSSR count). The lowest BCUT2D eigenvalue weighted by Gasteiger charge is -2.22. The molecule has 0 saturated heterocycles. The predicted octanol–water partition coefficient (Wildman–Crippen LogP) is 3.25. The van der Waals surface area contributed by atoms with Crippen LogP contribution in [0, 0.1) is 0 Å². The highest BCUT2D eigenvalue weighted by Gasteiger charge is 2.14. The van der Waals surface area contributed by atoms with Crippen molar-refractivity contribution in [2.75, 3.05) is 41.4 Å². The molecule has 0 aliphatic rings. The standard InChI is InChI=1S/C17H36NO2.CH4O4S/c1-5-6-7-8-9-10-11-12-13-14-15-20-17(19)16-18(2,3)4;1-5-6(2,3)4/h5-16H2,1-4H3;1H3,(H,2,3,4)/q+1;/p-1. The fraction of sp³-hybridized carbons (Fsp3) is 0.944. The number of hydrogen-bond acceptors (Lipinski definition) is 6. The zero-order valence-electron chi connectivity index (χ0n) is 17.3. The van der Waals surface area contributed by atoms with Crippen molar-refractivity contribution in [1.82, 2.24) is 0 Å². The number of hydrogen-bond donors (Lipinski definition) is 0. The van der Waals surface area contributed by atoms with E-state index in [2.05, 4.69) is 11.1 Å². The summed E-state index contributed by atoms with van der Waals surface area (Å²) < 4.78 is 36.9. The topological polar surface area (TPSA) is 92.7 Å². The number of unbranched alkanes of at least 4 members (excludes halogenated alkanes) is 9. The molecule has 8 heteroatoms. The smallest absolute Gasteiger partial charge is 0.361 e. The Labute approximate surface area is 160 Å². The van der Waals surface area contributed by atoms with Crippen molar-refractivity contribution in [3.05, 3.63) is 0 Å². The Morgan fingerprint density at radius 2 is 1.27 bits per heavy atom. The van der Waals surface area contributed by atoms with E-state index in [1.165, 1.54) is 57.8 Å². The normalized spacial score (nSPS) is 11.6. The lowest BCUT2D eigenvalue weighted by Crippen LogP contribution is -2.40. The Kier molecular flexibility index (Phi) is 17.4. The highest BCUT2D eigenvalue weighted by Crippen LogP contribution is 2.10. The van der Waals surface area contributed by atoms with E-state index in [-0.39, 0.29) is 5.97 Å². The molecule has 0 atom stereocenters. The molecule has 0 bridgehead atoms. The van der Waals surface area contributed by atoms with Crippen LogP contribution in [0.1, 0.15) is 71.1 Å². The third-order valence-electron chi connectivity index (χ3n) is 3.57. The van der Waals surface area contributed by atoms with Crippen molar-refractivity contribution < 1.29 is 31.2 Å². The lowest BCUT2D eigenvalue weighted by molar-refractivity contribution is -0.862. The molecule has 0 aromatic heterocycles. The molecule has 0 aromatic rings. The Morgan fingerprint density at radius 3 is 1.62 bits per heavy atom. The largest absolute Gasteiger partial charge is 0.726 e. The van der Waals surface area contributed by atoms with E-state index in [1.54, 1.807) is 0 Å². The second kappa shape index (κ2) is 16.5. The molecular weight excluding hydrogens is 358 g/mol. The minimum Gasteiger partial charge on any atom is -0.726 e. The number of carbonyl (C=O) groups is 1. The molecule has 7 nitrogen and oxygen atoms in total. The molecule has 0 saturated carbocycles. The van der Waals surface area contributed by atoms with Crippen molar-refractivity contribution in [3.63, 3.8) is 0 Å². The molecule has 0 fully saturated rings. The molecule has 0 aliphatic carbocycles. The van der Waals surface area contributed by atoms with Gasteiger partial charge in [0.15, 0.2) is 6.54 Å². The van der Waals surface area contributed by atoms with E-state index in [1.807, 2.05) is 21.1 Å². The van der Waals surface area contributed by atoms with E-state index in [0.717, 1.165) is 13.5 Å². The SMILES string of the molecule is CCCCCCCCCCCCOC(=O)C[N+](C)(C)C.COS(=O)(=O)[O-]. The van der Waals surface area contributed by atoms with Crippen LogP contribution in [-0.4, -0.2) is 64.8 Å². The van der Waals surface area contributed by atoms with Crippen LogP contribution in [0.5, 0.6) is 0 Å². The molecule has 26 heavy (non-hydrogen) atoms. The van der Waals surface area contributed by atoms with Crippen LogP contribution in [0.2, 0.25) is 0 Å². The molecule has 0 N–H and O–H groups in total. The third kappa shape index (κ3) is 28.1. The van der Waals surface area contributed by atoms with E-state index < -0.39 is 10.4 Å². The lowest BCUT2D eigenvalue weighted by atomic mass is 10.1. The number of rotatable bonds is 14. The maximum Gasteiger partial charge on any atom is 0.361 e. The molecule has 158 valence electrons. The molecule has 0 spiro atoms. The number of quaternary nitrogens is 1. The summed E-state index contributed by atoms with van der Waals surface area (Å²) in [6, 6.07) is 0. The van der Waals surface area contributed by atoms with Gasteiger partial charge in [-0.2, -0.15) is 0 Å². The van der Waals surface area contributed by atoms with Crippen molar-refractivity contribution in [3.8, 4) is 0 Å². The number of ether oxygens (including phenoxy) is 1. The predicted molar refractivity (Wildman–Crippen MR) is 102 cm³/mol. The maximum absolute atomic E-state index is 11.5. The van der Waals surface area contributed by atoms with Gasteiger partial charge in [0.25, 0.3) is 0 Å². The van der Waals surface area contributed by atoms with E-state index in [4.69, 9.17) is 4.74 Å². The van der Waals surface area contributed by atoms with Crippen molar-refractivity contribution in [2.24, 2.45) is 0 Å². The van der Waals surface area contributed by atoms with E-state index in [9.17, 15) is 17.8 Å². The average Bonchev–Trinajstić information content (AvgIpc) is 2.51. The fourth-order valence-electron chi connectivity index (χ4n) is 2.21. The van der Waals surface area contributed by atoms with Gasteiger partial charge in [-0.25, -0.2) is 13.2 Å². The summed E-state index contributed by atoms with van der Waals surface area (Å²) in [5.41, 5.74) is 0. The summed E-state index contributed by atoms with van der Waals surface area (Å²) in [6.45, 7) is 3.31. The van der Waals surface area contributed by atoms with E-state index >= 15 is 0 Å². The van der Waals surface area contributed by atoms with Crippen LogP contribution in [0.25, 0.3) is 0 Å². The second-order valence-corrected chi connectivity index (χ2v) is 8.58. The minimum atomic E-state index is -4.41.